The Kier molecular flexibility index (Phi) is 3.68. The highest BCUT2D eigenvalue weighted by atomic mass is 16.5. The molecule has 0 amide bonds. The van der Waals surface area contributed by atoms with Crippen LogP contribution in [0, 0.1) is 0 Å². The molecule has 0 atom stereocenters. The average molecular weight is 366 g/mol. The summed E-state index contributed by atoms with van der Waals surface area (Å²) in [6.45, 7) is 2.40. The second kappa shape index (κ2) is 6.09. The minimum Gasteiger partial charge on any atom is -0.496 e. The maximum absolute atomic E-state index is 6.36. The molecule has 8 nitrogen and oxygen atoms in total. The van der Waals surface area contributed by atoms with Gasteiger partial charge in [0.1, 0.15) is 23.5 Å². The van der Waals surface area contributed by atoms with Crippen molar-refractivity contribution in [2.75, 3.05) is 37.4 Å². The van der Waals surface area contributed by atoms with Gasteiger partial charge in [-0.15, -0.1) is 10.2 Å². The molecule has 4 heterocycles. The highest BCUT2D eigenvalue weighted by molar-refractivity contribution is 5.56. The zero-order chi connectivity index (χ0) is 18.4. The summed E-state index contributed by atoms with van der Waals surface area (Å²) in [6, 6.07) is 8.21. The molecule has 0 saturated carbocycles. The van der Waals surface area contributed by atoms with Crippen molar-refractivity contribution in [3.05, 3.63) is 41.7 Å². The molecule has 0 bridgehead atoms. The lowest BCUT2D eigenvalue weighted by molar-refractivity contribution is -0.0780. The number of rotatable bonds is 2. The van der Waals surface area contributed by atoms with Crippen LogP contribution in [0.3, 0.4) is 0 Å². The van der Waals surface area contributed by atoms with E-state index in [1.165, 1.54) is 11.1 Å². The molecule has 1 aromatic carbocycles. The van der Waals surface area contributed by atoms with Crippen LogP contribution in [0.5, 0.6) is 5.75 Å². The normalized spacial score (nSPS) is 18.6. The van der Waals surface area contributed by atoms with E-state index in [0.717, 1.165) is 50.5 Å². The number of aromatic nitrogens is 4. The predicted molar refractivity (Wildman–Crippen MR) is 101 cm³/mol. The molecule has 1 fully saturated rings. The fourth-order valence-corrected chi connectivity index (χ4v) is 4.39. The van der Waals surface area contributed by atoms with Crippen molar-refractivity contribution in [1.82, 2.24) is 19.6 Å². The second-order valence-corrected chi connectivity index (χ2v) is 7.11. The van der Waals surface area contributed by atoms with Gasteiger partial charge in [0.25, 0.3) is 0 Å². The van der Waals surface area contributed by atoms with Gasteiger partial charge in [-0.2, -0.15) is 4.98 Å². The number of ether oxygens (including phenoxy) is 2. The standard InChI is InChI=1S/C19H22N6O2/c1-26-14-4-2-3-13-5-10-27-19(17(13)14)6-8-24(9-7-19)15-11-16-23-21-12-25(16)18(20)22-15/h2-4,11-12H,5-10H2,1H3,(H2,20,22). The fourth-order valence-electron chi connectivity index (χ4n) is 4.39. The zero-order valence-electron chi connectivity index (χ0n) is 15.3. The Morgan fingerprint density at radius 2 is 2.11 bits per heavy atom. The number of nitrogens with zero attached hydrogens (tertiary/aromatic N) is 5. The Morgan fingerprint density at radius 1 is 1.26 bits per heavy atom. The molecule has 3 aromatic rings. The molecule has 2 aliphatic heterocycles. The lowest BCUT2D eigenvalue weighted by Crippen LogP contribution is -2.47. The van der Waals surface area contributed by atoms with Gasteiger partial charge in [-0.1, -0.05) is 12.1 Å². The average Bonchev–Trinajstić information content (AvgIpc) is 3.18. The molecular weight excluding hydrogens is 344 g/mol. The van der Waals surface area contributed by atoms with Crippen molar-refractivity contribution in [3.8, 4) is 5.75 Å². The molecular formula is C19H22N6O2. The number of methoxy groups -OCH3 is 1. The zero-order valence-corrected chi connectivity index (χ0v) is 15.3. The maximum atomic E-state index is 6.36. The molecule has 1 saturated heterocycles. The van der Waals surface area contributed by atoms with Gasteiger partial charge in [0.05, 0.1) is 13.7 Å². The summed E-state index contributed by atoms with van der Waals surface area (Å²) in [5.41, 5.74) is 9.02. The summed E-state index contributed by atoms with van der Waals surface area (Å²) < 4.78 is 13.7. The first-order valence-electron chi connectivity index (χ1n) is 9.22. The molecule has 0 radical (unpaired) electrons. The van der Waals surface area contributed by atoms with E-state index in [1.807, 2.05) is 12.1 Å². The molecule has 2 aromatic heterocycles. The van der Waals surface area contributed by atoms with E-state index in [9.17, 15) is 0 Å². The van der Waals surface area contributed by atoms with Gasteiger partial charge < -0.3 is 20.1 Å². The molecule has 1 spiro atoms. The Hall–Kier alpha value is -2.87. The van der Waals surface area contributed by atoms with E-state index in [0.29, 0.717) is 11.6 Å². The van der Waals surface area contributed by atoms with Crippen molar-refractivity contribution in [3.63, 3.8) is 0 Å². The van der Waals surface area contributed by atoms with Crippen molar-refractivity contribution in [2.24, 2.45) is 0 Å². The van der Waals surface area contributed by atoms with Gasteiger partial charge in [0.15, 0.2) is 5.65 Å². The van der Waals surface area contributed by atoms with Crippen LogP contribution < -0.4 is 15.4 Å². The molecule has 8 heteroatoms. The third kappa shape index (κ3) is 2.51. The lowest BCUT2D eigenvalue weighted by atomic mass is 9.79. The Balaban J connectivity index is 1.45. The Bertz CT molecular complexity index is 979. The number of piperidine rings is 1. The van der Waals surface area contributed by atoms with Crippen LogP contribution in [0.4, 0.5) is 11.8 Å². The first-order chi connectivity index (χ1) is 13.2. The lowest BCUT2D eigenvalue weighted by Gasteiger charge is -2.45. The Labute approximate surface area is 156 Å². The first kappa shape index (κ1) is 16.3. The monoisotopic (exact) mass is 366 g/mol. The first-order valence-corrected chi connectivity index (χ1v) is 9.22. The highest BCUT2D eigenvalue weighted by Crippen LogP contribution is 2.46. The van der Waals surface area contributed by atoms with Crippen LogP contribution in [0.25, 0.3) is 5.65 Å². The van der Waals surface area contributed by atoms with Gasteiger partial charge in [0.2, 0.25) is 5.95 Å². The number of anilines is 2. The maximum Gasteiger partial charge on any atom is 0.209 e. The van der Waals surface area contributed by atoms with Gasteiger partial charge >= 0.3 is 0 Å². The minimum absolute atomic E-state index is 0.290. The molecule has 2 N–H and O–H groups in total. The smallest absolute Gasteiger partial charge is 0.209 e. The second-order valence-electron chi connectivity index (χ2n) is 7.11. The summed E-state index contributed by atoms with van der Waals surface area (Å²) in [4.78, 5) is 6.77. The third-order valence-corrected chi connectivity index (χ3v) is 5.74. The number of nitrogen functional groups attached to an aromatic ring is 1. The van der Waals surface area contributed by atoms with Gasteiger partial charge in [-0.05, 0) is 30.9 Å². The number of benzene rings is 1. The summed E-state index contributed by atoms with van der Waals surface area (Å²) in [7, 11) is 1.73. The predicted octanol–water partition coefficient (Wildman–Crippen LogP) is 1.78. The number of hydrogen-bond acceptors (Lipinski definition) is 7. The van der Waals surface area contributed by atoms with Gasteiger partial charge in [-0.25, -0.2) is 0 Å². The molecule has 140 valence electrons. The molecule has 27 heavy (non-hydrogen) atoms. The van der Waals surface area contributed by atoms with Gasteiger partial charge in [-0.3, -0.25) is 4.40 Å². The molecule has 5 rings (SSSR count). The summed E-state index contributed by atoms with van der Waals surface area (Å²) in [5, 5.41) is 8.00. The van der Waals surface area contributed by atoms with E-state index < -0.39 is 0 Å². The van der Waals surface area contributed by atoms with Crippen molar-refractivity contribution >= 4 is 17.4 Å². The quantitative estimate of drug-likeness (QED) is 0.739. The van der Waals surface area contributed by atoms with Crippen LogP contribution in [0.2, 0.25) is 0 Å². The highest BCUT2D eigenvalue weighted by Gasteiger charge is 2.43. The molecule has 0 unspecified atom stereocenters. The van der Waals surface area contributed by atoms with Gasteiger partial charge in [0, 0.05) is 24.7 Å². The number of hydrogen-bond donors (Lipinski definition) is 1. The summed E-state index contributed by atoms with van der Waals surface area (Å²) in [6.07, 6.45) is 4.25. The van der Waals surface area contributed by atoms with Crippen molar-refractivity contribution in [2.45, 2.75) is 24.9 Å². The number of nitrogens with two attached hydrogens (primary N) is 1. The summed E-state index contributed by atoms with van der Waals surface area (Å²) in [5.74, 6) is 2.15. The van der Waals surface area contributed by atoms with E-state index in [1.54, 1.807) is 17.8 Å². The van der Waals surface area contributed by atoms with Crippen LogP contribution in [-0.2, 0) is 16.8 Å². The van der Waals surface area contributed by atoms with Crippen molar-refractivity contribution in [1.29, 1.82) is 0 Å². The molecule has 2 aliphatic rings. The molecule has 0 aliphatic carbocycles. The van der Waals surface area contributed by atoms with E-state index in [4.69, 9.17) is 15.2 Å². The van der Waals surface area contributed by atoms with E-state index in [-0.39, 0.29) is 5.60 Å². The number of fused-ring (bicyclic) bond motifs is 3. The largest absolute Gasteiger partial charge is 0.496 e. The fraction of sp³-hybridized carbons (Fsp3) is 0.421. The SMILES string of the molecule is COc1cccc2c1C1(CCN(c3cc4nncn4c(N)n3)CC1)OCC2. The van der Waals surface area contributed by atoms with E-state index in [2.05, 4.69) is 32.2 Å². The van der Waals surface area contributed by atoms with Crippen LogP contribution in [0.1, 0.15) is 24.0 Å². The van der Waals surface area contributed by atoms with Crippen molar-refractivity contribution < 1.29 is 9.47 Å². The Morgan fingerprint density at radius 3 is 2.93 bits per heavy atom. The minimum atomic E-state index is -0.290. The van der Waals surface area contributed by atoms with Crippen LogP contribution >= 0.6 is 0 Å². The topological polar surface area (TPSA) is 90.8 Å². The summed E-state index contributed by atoms with van der Waals surface area (Å²) >= 11 is 0. The van der Waals surface area contributed by atoms with Crippen LogP contribution in [-0.4, -0.2) is 46.4 Å². The van der Waals surface area contributed by atoms with E-state index >= 15 is 0 Å². The third-order valence-electron chi connectivity index (χ3n) is 5.74. The van der Waals surface area contributed by atoms with Crippen LogP contribution in [0.15, 0.2) is 30.6 Å².